The molecule has 0 aliphatic rings. The van der Waals surface area contributed by atoms with Gasteiger partial charge in [-0.3, -0.25) is 4.98 Å². The van der Waals surface area contributed by atoms with Crippen LogP contribution >= 0.6 is 15.9 Å². The van der Waals surface area contributed by atoms with Crippen LogP contribution in [0.4, 0.5) is 0 Å². The fraction of sp³-hybridized carbons (Fsp3) is 0.227. The molecule has 0 unspecified atom stereocenters. The Labute approximate surface area is 168 Å². The Morgan fingerprint density at radius 1 is 1.00 bits per heavy atom. The van der Waals surface area contributed by atoms with E-state index < -0.39 is 0 Å². The van der Waals surface area contributed by atoms with Crippen LogP contribution in [-0.4, -0.2) is 12.1 Å². The zero-order chi connectivity index (χ0) is 19.1. The molecule has 0 aliphatic carbocycles. The summed E-state index contributed by atoms with van der Waals surface area (Å²) in [6, 6.07) is 18.2. The van der Waals surface area contributed by atoms with Crippen molar-refractivity contribution in [3.05, 3.63) is 87.7 Å². The van der Waals surface area contributed by atoms with E-state index in [1.807, 2.05) is 30.3 Å². The summed E-state index contributed by atoms with van der Waals surface area (Å²) in [4.78, 5) is 4.32. The molecule has 0 radical (unpaired) electrons. The van der Waals surface area contributed by atoms with E-state index in [0.29, 0.717) is 19.7 Å². The maximum Gasteiger partial charge on any atom is 0.162 e. The molecule has 5 heteroatoms. The number of halogens is 1. The number of benzene rings is 2. The highest BCUT2D eigenvalue weighted by Crippen LogP contribution is 2.34. The van der Waals surface area contributed by atoms with Gasteiger partial charge in [0.05, 0.1) is 12.8 Å². The Balaban J connectivity index is 1.64. The molecule has 2 aromatic carbocycles. The van der Waals surface area contributed by atoms with Crippen molar-refractivity contribution < 1.29 is 9.47 Å². The van der Waals surface area contributed by atoms with Gasteiger partial charge in [0.15, 0.2) is 11.5 Å². The van der Waals surface area contributed by atoms with Crippen LogP contribution in [0.3, 0.4) is 0 Å². The monoisotopic (exact) mass is 426 g/mol. The Kier molecular flexibility index (Phi) is 6.85. The predicted octanol–water partition coefficient (Wildman–Crippen LogP) is 5.03. The highest BCUT2D eigenvalue weighted by atomic mass is 79.9. The van der Waals surface area contributed by atoms with Crippen LogP contribution in [0.2, 0.25) is 0 Å². The van der Waals surface area contributed by atoms with Crippen LogP contribution in [0.1, 0.15) is 22.4 Å². The maximum atomic E-state index is 5.98. The lowest BCUT2D eigenvalue weighted by atomic mass is 10.1. The molecular weight excluding hydrogens is 404 g/mol. The van der Waals surface area contributed by atoms with Crippen molar-refractivity contribution in [1.82, 2.24) is 10.3 Å². The summed E-state index contributed by atoms with van der Waals surface area (Å²) in [6.07, 6.45) is 1.80. The van der Waals surface area contributed by atoms with Gasteiger partial charge in [-0.1, -0.05) is 51.8 Å². The molecule has 27 heavy (non-hydrogen) atoms. The first-order valence-electron chi connectivity index (χ1n) is 8.81. The van der Waals surface area contributed by atoms with Crippen molar-refractivity contribution >= 4 is 15.9 Å². The fourth-order valence-corrected chi connectivity index (χ4v) is 3.12. The zero-order valence-electron chi connectivity index (χ0n) is 15.5. The van der Waals surface area contributed by atoms with E-state index in [1.54, 1.807) is 13.3 Å². The number of pyridine rings is 1. The lowest BCUT2D eigenvalue weighted by Crippen LogP contribution is -2.14. The Morgan fingerprint density at radius 3 is 2.52 bits per heavy atom. The van der Waals surface area contributed by atoms with Crippen LogP contribution in [-0.2, 0) is 19.7 Å². The van der Waals surface area contributed by atoms with Gasteiger partial charge < -0.3 is 14.8 Å². The number of methoxy groups -OCH3 is 1. The third kappa shape index (κ3) is 5.55. The van der Waals surface area contributed by atoms with Crippen molar-refractivity contribution in [2.45, 2.75) is 26.6 Å². The SMILES string of the molecule is COc1cc(CNCc2ccccn2)c(Br)cc1OCc1ccc(C)cc1. The molecule has 1 N–H and O–H groups in total. The van der Waals surface area contributed by atoms with E-state index in [4.69, 9.17) is 9.47 Å². The molecular formula is C22H23BrN2O2. The summed E-state index contributed by atoms with van der Waals surface area (Å²) in [5, 5.41) is 3.40. The molecule has 0 fully saturated rings. The second kappa shape index (κ2) is 9.53. The molecule has 140 valence electrons. The molecule has 0 saturated carbocycles. The summed E-state index contributed by atoms with van der Waals surface area (Å²) >= 11 is 3.64. The van der Waals surface area contributed by atoms with Gasteiger partial charge >= 0.3 is 0 Å². The number of nitrogens with zero attached hydrogens (tertiary/aromatic N) is 1. The van der Waals surface area contributed by atoms with E-state index in [-0.39, 0.29) is 0 Å². The van der Waals surface area contributed by atoms with Crippen molar-refractivity contribution in [2.75, 3.05) is 7.11 Å². The minimum atomic E-state index is 0.500. The third-order valence-corrected chi connectivity index (χ3v) is 4.93. The molecule has 0 spiro atoms. The minimum Gasteiger partial charge on any atom is -0.493 e. The molecule has 1 aromatic heterocycles. The normalized spacial score (nSPS) is 10.6. The molecule has 0 amide bonds. The molecule has 0 atom stereocenters. The van der Waals surface area contributed by atoms with E-state index in [0.717, 1.165) is 32.8 Å². The molecule has 0 bridgehead atoms. The molecule has 3 rings (SSSR count). The molecule has 0 saturated heterocycles. The summed E-state index contributed by atoms with van der Waals surface area (Å²) in [6.45, 7) is 3.98. The Hall–Kier alpha value is -2.37. The lowest BCUT2D eigenvalue weighted by Gasteiger charge is -2.14. The van der Waals surface area contributed by atoms with Crippen LogP contribution in [0.25, 0.3) is 0 Å². The summed E-state index contributed by atoms with van der Waals surface area (Å²) in [7, 11) is 1.66. The van der Waals surface area contributed by atoms with Gasteiger partial charge in [-0.05, 0) is 42.3 Å². The van der Waals surface area contributed by atoms with Gasteiger partial charge in [0.1, 0.15) is 6.61 Å². The largest absolute Gasteiger partial charge is 0.493 e. The average molecular weight is 427 g/mol. The van der Waals surface area contributed by atoms with Gasteiger partial charge in [0.2, 0.25) is 0 Å². The number of nitrogens with one attached hydrogen (secondary N) is 1. The van der Waals surface area contributed by atoms with Crippen molar-refractivity contribution in [3.8, 4) is 11.5 Å². The Morgan fingerprint density at radius 2 is 1.81 bits per heavy atom. The van der Waals surface area contributed by atoms with Gasteiger partial charge in [0, 0.05) is 23.8 Å². The topological polar surface area (TPSA) is 43.4 Å². The van der Waals surface area contributed by atoms with Crippen molar-refractivity contribution in [3.63, 3.8) is 0 Å². The van der Waals surface area contributed by atoms with Gasteiger partial charge in [-0.15, -0.1) is 0 Å². The van der Waals surface area contributed by atoms with Crippen molar-refractivity contribution in [2.24, 2.45) is 0 Å². The van der Waals surface area contributed by atoms with Crippen molar-refractivity contribution in [1.29, 1.82) is 0 Å². The predicted molar refractivity (Wildman–Crippen MR) is 111 cm³/mol. The van der Waals surface area contributed by atoms with Gasteiger partial charge in [-0.2, -0.15) is 0 Å². The minimum absolute atomic E-state index is 0.500. The molecule has 0 aliphatic heterocycles. The van der Waals surface area contributed by atoms with Gasteiger partial charge in [0.25, 0.3) is 0 Å². The van der Waals surface area contributed by atoms with E-state index in [9.17, 15) is 0 Å². The maximum absolute atomic E-state index is 5.98. The van der Waals surface area contributed by atoms with E-state index in [2.05, 4.69) is 57.4 Å². The number of rotatable bonds is 8. The summed E-state index contributed by atoms with van der Waals surface area (Å²) in [5.74, 6) is 1.44. The second-order valence-corrected chi connectivity index (χ2v) is 7.15. The number of hydrogen-bond acceptors (Lipinski definition) is 4. The molecule has 1 heterocycles. The molecule has 4 nitrogen and oxygen atoms in total. The first-order valence-corrected chi connectivity index (χ1v) is 9.60. The fourth-order valence-electron chi connectivity index (χ4n) is 2.66. The quantitative estimate of drug-likeness (QED) is 0.548. The number of ether oxygens (including phenoxy) is 2. The lowest BCUT2D eigenvalue weighted by molar-refractivity contribution is 0.284. The first-order chi connectivity index (χ1) is 13.2. The number of hydrogen-bond donors (Lipinski definition) is 1. The average Bonchev–Trinajstić information content (AvgIpc) is 2.69. The summed E-state index contributed by atoms with van der Waals surface area (Å²) in [5.41, 5.74) is 4.48. The van der Waals surface area contributed by atoms with Crippen LogP contribution in [0.15, 0.2) is 65.3 Å². The van der Waals surface area contributed by atoms with E-state index in [1.165, 1.54) is 5.56 Å². The number of aromatic nitrogens is 1. The second-order valence-electron chi connectivity index (χ2n) is 6.29. The first kappa shape index (κ1) is 19.4. The highest BCUT2D eigenvalue weighted by molar-refractivity contribution is 9.10. The highest BCUT2D eigenvalue weighted by Gasteiger charge is 2.11. The number of aryl methyl sites for hydroxylation is 1. The Bertz CT molecular complexity index is 867. The van der Waals surface area contributed by atoms with Gasteiger partial charge in [-0.25, -0.2) is 0 Å². The standard InChI is InChI=1S/C22H23BrN2O2/c1-16-6-8-17(9-7-16)15-27-22-12-20(23)18(11-21(22)26-2)13-24-14-19-5-3-4-10-25-19/h3-12,24H,13-15H2,1-2H3. The third-order valence-electron chi connectivity index (χ3n) is 4.20. The van der Waals surface area contributed by atoms with Crippen LogP contribution < -0.4 is 14.8 Å². The van der Waals surface area contributed by atoms with E-state index >= 15 is 0 Å². The van der Waals surface area contributed by atoms with Crippen LogP contribution in [0, 0.1) is 6.92 Å². The zero-order valence-corrected chi connectivity index (χ0v) is 17.1. The smallest absolute Gasteiger partial charge is 0.162 e. The van der Waals surface area contributed by atoms with Crippen LogP contribution in [0.5, 0.6) is 11.5 Å². The summed E-state index contributed by atoms with van der Waals surface area (Å²) < 4.78 is 12.5. The molecule has 3 aromatic rings.